The molecule has 0 bridgehead atoms. The van der Waals surface area contributed by atoms with Gasteiger partial charge in [0.05, 0.1) is 12.7 Å². The van der Waals surface area contributed by atoms with Crippen LogP contribution in [0.15, 0.2) is 46.9 Å². The number of carbonyl (C=O) groups excluding carboxylic acids is 1. The van der Waals surface area contributed by atoms with Gasteiger partial charge in [0, 0.05) is 5.56 Å². The number of carbonyl (C=O) groups is 1. The maximum atomic E-state index is 12.5. The molecule has 0 N–H and O–H groups in total. The smallest absolute Gasteiger partial charge is 0.338 e. The Morgan fingerprint density at radius 1 is 1.04 bits per heavy atom. The summed E-state index contributed by atoms with van der Waals surface area (Å²) in [6.07, 6.45) is 3.83. The van der Waals surface area contributed by atoms with E-state index in [2.05, 4.69) is 10.2 Å². The molecule has 4 rings (SSSR count). The standard InChI is InChI=1S/C22H22N2O4/c1-14(20-23-24-21(28-20)16-9-11-19(26-2)12-10-16)27-22(25)18-8-7-15-5-3-4-6-17(15)13-18/h7-14H,3-6H2,1-2H3/t14-/m0/s1. The topological polar surface area (TPSA) is 74.5 Å². The first-order chi connectivity index (χ1) is 13.6. The minimum absolute atomic E-state index is 0.261. The number of esters is 1. The van der Waals surface area contributed by atoms with Gasteiger partial charge in [-0.3, -0.25) is 0 Å². The van der Waals surface area contributed by atoms with E-state index in [1.54, 1.807) is 14.0 Å². The Kier molecular flexibility index (Phi) is 5.10. The average Bonchev–Trinajstić information content (AvgIpc) is 3.24. The summed E-state index contributed by atoms with van der Waals surface area (Å²) in [5.74, 6) is 0.993. The lowest BCUT2D eigenvalue weighted by Gasteiger charge is -2.16. The predicted molar refractivity (Wildman–Crippen MR) is 103 cm³/mol. The molecular weight excluding hydrogens is 356 g/mol. The zero-order chi connectivity index (χ0) is 19.5. The summed E-state index contributed by atoms with van der Waals surface area (Å²) in [6.45, 7) is 1.72. The van der Waals surface area contributed by atoms with Gasteiger partial charge in [-0.15, -0.1) is 10.2 Å². The highest BCUT2D eigenvalue weighted by atomic mass is 16.6. The first-order valence-electron chi connectivity index (χ1n) is 9.44. The summed E-state index contributed by atoms with van der Waals surface area (Å²) < 4.78 is 16.4. The number of ether oxygens (including phenoxy) is 2. The number of fused-ring (bicyclic) bond motifs is 1. The molecule has 0 unspecified atom stereocenters. The molecule has 1 aliphatic carbocycles. The molecule has 1 aromatic heterocycles. The predicted octanol–water partition coefficient (Wildman–Crippen LogP) is 4.54. The van der Waals surface area contributed by atoms with Crippen LogP contribution in [0.25, 0.3) is 11.5 Å². The van der Waals surface area contributed by atoms with Crippen molar-refractivity contribution in [3.8, 4) is 17.2 Å². The van der Waals surface area contributed by atoms with Crippen molar-refractivity contribution in [2.45, 2.75) is 38.7 Å². The van der Waals surface area contributed by atoms with Crippen molar-refractivity contribution in [1.82, 2.24) is 10.2 Å². The molecule has 1 atom stereocenters. The van der Waals surface area contributed by atoms with Gasteiger partial charge >= 0.3 is 5.97 Å². The second-order valence-electron chi connectivity index (χ2n) is 6.91. The summed E-state index contributed by atoms with van der Waals surface area (Å²) in [4.78, 5) is 12.5. The van der Waals surface area contributed by atoms with Crippen LogP contribution in [0.3, 0.4) is 0 Å². The molecule has 0 amide bonds. The summed E-state index contributed by atoms with van der Waals surface area (Å²) in [7, 11) is 1.61. The molecule has 6 heteroatoms. The van der Waals surface area contributed by atoms with Crippen molar-refractivity contribution in [2.75, 3.05) is 7.11 Å². The van der Waals surface area contributed by atoms with Gasteiger partial charge in [0.1, 0.15) is 5.75 Å². The molecule has 2 aromatic carbocycles. The Balaban J connectivity index is 1.45. The molecule has 0 fully saturated rings. The third-order valence-electron chi connectivity index (χ3n) is 4.99. The number of hydrogen-bond acceptors (Lipinski definition) is 6. The molecular formula is C22H22N2O4. The zero-order valence-electron chi connectivity index (χ0n) is 16.0. The van der Waals surface area contributed by atoms with Crippen LogP contribution in [-0.2, 0) is 17.6 Å². The van der Waals surface area contributed by atoms with Crippen molar-refractivity contribution in [2.24, 2.45) is 0 Å². The molecule has 1 aliphatic rings. The van der Waals surface area contributed by atoms with Crippen molar-refractivity contribution in [1.29, 1.82) is 0 Å². The minimum atomic E-state index is -0.636. The SMILES string of the molecule is COc1ccc(-c2nnc([C@H](C)OC(=O)c3ccc4c(c3)CCCC4)o2)cc1. The third kappa shape index (κ3) is 3.76. The van der Waals surface area contributed by atoms with Crippen molar-refractivity contribution >= 4 is 5.97 Å². The molecule has 1 heterocycles. The molecule has 28 heavy (non-hydrogen) atoms. The largest absolute Gasteiger partial charge is 0.497 e. The molecule has 6 nitrogen and oxygen atoms in total. The van der Waals surface area contributed by atoms with E-state index in [0.29, 0.717) is 11.5 Å². The number of methoxy groups -OCH3 is 1. The fraction of sp³-hybridized carbons (Fsp3) is 0.318. The van der Waals surface area contributed by atoms with Crippen molar-refractivity contribution in [3.05, 3.63) is 65.0 Å². The number of benzene rings is 2. The Morgan fingerprint density at radius 3 is 2.54 bits per heavy atom. The van der Waals surface area contributed by atoms with Gasteiger partial charge in [0.15, 0.2) is 6.10 Å². The third-order valence-corrected chi connectivity index (χ3v) is 4.99. The Bertz CT molecular complexity index is 978. The lowest BCUT2D eigenvalue weighted by molar-refractivity contribution is 0.0279. The highest BCUT2D eigenvalue weighted by Gasteiger charge is 2.21. The van der Waals surface area contributed by atoms with Gasteiger partial charge in [0.25, 0.3) is 5.89 Å². The first kappa shape index (κ1) is 18.2. The monoisotopic (exact) mass is 378 g/mol. The molecule has 0 spiro atoms. The van der Waals surface area contributed by atoms with E-state index in [4.69, 9.17) is 13.9 Å². The Labute approximate surface area is 163 Å². The van der Waals surface area contributed by atoms with E-state index in [0.717, 1.165) is 30.6 Å². The summed E-state index contributed by atoms with van der Waals surface area (Å²) in [6, 6.07) is 13.1. The second kappa shape index (κ2) is 7.84. The van der Waals surface area contributed by atoms with Crippen molar-refractivity contribution < 1.29 is 18.7 Å². The average molecular weight is 378 g/mol. The Hall–Kier alpha value is -3.15. The summed E-state index contributed by atoms with van der Waals surface area (Å²) in [5.41, 5.74) is 3.90. The zero-order valence-corrected chi connectivity index (χ0v) is 16.0. The lowest BCUT2D eigenvalue weighted by Crippen LogP contribution is -2.11. The highest BCUT2D eigenvalue weighted by Crippen LogP contribution is 2.26. The molecule has 0 saturated carbocycles. The van der Waals surface area contributed by atoms with Crippen LogP contribution in [0.2, 0.25) is 0 Å². The van der Waals surface area contributed by atoms with Gasteiger partial charge in [-0.1, -0.05) is 6.07 Å². The van der Waals surface area contributed by atoms with Gasteiger partial charge in [-0.05, 0) is 80.1 Å². The van der Waals surface area contributed by atoms with Crippen LogP contribution >= 0.6 is 0 Å². The van der Waals surface area contributed by atoms with Crippen LogP contribution < -0.4 is 4.74 Å². The summed E-state index contributed by atoms with van der Waals surface area (Å²) in [5, 5.41) is 8.08. The van der Waals surface area contributed by atoms with E-state index >= 15 is 0 Å². The molecule has 0 aliphatic heterocycles. The van der Waals surface area contributed by atoms with Crippen LogP contribution in [0, 0.1) is 0 Å². The number of aromatic nitrogens is 2. The number of hydrogen-bond donors (Lipinski definition) is 0. The lowest BCUT2D eigenvalue weighted by atomic mass is 9.90. The maximum Gasteiger partial charge on any atom is 0.338 e. The normalized spacial score (nSPS) is 14.2. The number of nitrogens with zero attached hydrogens (tertiary/aromatic N) is 2. The fourth-order valence-electron chi connectivity index (χ4n) is 3.39. The fourth-order valence-corrected chi connectivity index (χ4v) is 3.39. The van der Waals surface area contributed by atoms with Gasteiger partial charge in [-0.2, -0.15) is 0 Å². The van der Waals surface area contributed by atoms with E-state index in [1.165, 1.54) is 17.5 Å². The second-order valence-corrected chi connectivity index (χ2v) is 6.91. The van der Waals surface area contributed by atoms with Crippen LogP contribution in [-0.4, -0.2) is 23.3 Å². The van der Waals surface area contributed by atoms with Gasteiger partial charge < -0.3 is 13.9 Å². The van der Waals surface area contributed by atoms with Crippen LogP contribution in [0.4, 0.5) is 0 Å². The highest BCUT2D eigenvalue weighted by molar-refractivity contribution is 5.89. The minimum Gasteiger partial charge on any atom is -0.497 e. The van der Waals surface area contributed by atoms with E-state index in [-0.39, 0.29) is 11.9 Å². The van der Waals surface area contributed by atoms with E-state index in [1.807, 2.05) is 42.5 Å². The number of rotatable bonds is 5. The van der Waals surface area contributed by atoms with Crippen molar-refractivity contribution in [3.63, 3.8) is 0 Å². The quantitative estimate of drug-likeness (QED) is 0.607. The first-order valence-corrected chi connectivity index (χ1v) is 9.44. The van der Waals surface area contributed by atoms with Crippen LogP contribution in [0.5, 0.6) is 5.75 Å². The maximum absolute atomic E-state index is 12.5. The molecule has 3 aromatic rings. The molecule has 0 radical (unpaired) electrons. The number of aryl methyl sites for hydroxylation is 2. The van der Waals surface area contributed by atoms with E-state index < -0.39 is 6.10 Å². The molecule has 0 saturated heterocycles. The Morgan fingerprint density at radius 2 is 1.79 bits per heavy atom. The van der Waals surface area contributed by atoms with E-state index in [9.17, 15) is 4.79 Å². The van der Waals surface area contributed by atoms with Gasteiger partial charge in [-0.25, -0.2) is 4.79 Å². The van der Waals surface area contributed by atoms with Crippen LogP contribution in [0.1, 0.15) is 53.2 Å². The summed E-state index contributed by atoms with van der Waals surface area (Å²) >= 11 is 0. The molecule has 144 valence electrons. The van der Waals surface area contributed by atoms with Gasteiger partial charge in [0.2, 0.25) is 5.89 Å².